The van der Waals surface area contributed by atoms with Gasteiger partial charge in [-0.3, -0.25) is 13.9 Å². The molecule has 0 heterocycles. The van der Waals surface area contributed by atoms with E-state index in [1.807, 2.05) is 68.4 Å². The average molecular weight is 704 g/mol. The molecule has 7 nitrogen and oxygen atoms in total. The lowest BCUT2D eigenvalue weighted by atomic mass is 10.0. The van der Waals surface area contributed by atoms with Gasteiger partial charge in [0.25, 0.3) is 0 Å². The molecule has 3 aromatic rings. The van der Waals surface area contributed by atoms with Gasteiger partial charge in [0.05, 0.1) is 27.0 Å². The molecule has 0 bridgehead atoms. The lowest BCUT2D eigenvalue weighted by Crippen LogP contribution is -2.54. The minimum Gasteiger partial charge on any atom is -0.352 e. The monoisotopic (exact) mass is 701 g/mol. The molecule has 0 radical (unpaired) electrons. The van der Waals surface area contributed by atoms with Crippen molar-refractivity contribution in [3.63, 3.8) is 0 Å². The Balaban J connectivity index is 2.10. The van der Waals surface area contributed by atoms with E-state index >= 15 is 0 Å². The molecule has 3 rings (SSSR count). The van der Waals surface area contributed by atoms with E-state index in [0.29, 0.717) is 6.42 Å². The van der Waals surface area contributed by atoms with E-state index in [2.05, 4.69) is 21.2 Å². The van der Waals surface area contributed by atoms with Crippen LogP contribution in [-0.2, 0) is 32.6 Å². The summed E-state index contributed by atoms with van der Waals surface area (Å²) in [4.78, 5) is 29.3. The zero-order valence-electron chi connectivity index (χ0n) is 22.8. The van der Waals surface area contributed by atoms with Crippen LogP contribution in [0.25, 0.3) is 0 Å². The van der Waals surface area contributed by atoms with Gasteiger partial charge in [0, 0.05) is 23.5 Å². The third-order valence-corrected chi connectivity index (χ3v) is 9.10. The van der Waals surface area contributed by atoms with Crippen LogP contribution in [0.15, 0.2) is 71.2 Å². The largest absolute Gasteiger partial charge is 0.352 e. The second-order valence-corrected chi connectivity index (χ2v) is 13.7. The van der Waals surface area contributed by atoms with Crippen LogP contribution in [0.1, 0.15) is 31.4 Å². The summed E-state index contributed by atoms with van der Waals surface area (Å²) in [6.07, 6.45) is 1.88. The molecule has 2 atom stereocenters. The van der Waals surface area contributed by atoms with Crippen molar-refractivity contribution in [2.45, 2.75) is 45.3 Å². The van der Waals surface area contributed by atoms with Crippen LogP contribution in [-0.4, -0.2) is 50.0 Å². The average Bonchev–Trinajstić information content (AvgIpc) is 2.91. The van der Waals surface area contributed by atoms with E-state index in [1.54, 1.807) is 0 Å². The standard InChI is InChI=1S/C29H31BrCl3N3O4S/c1-4-19(2)34-29(38)27(14-20-9-6-5-7-10-20)35(17-21-11-8-12-22(30)13-21)28(37)18-36(41(3,39)40)26-16-24(32)23(31)15-25(26)33/h5-13,15-16,19,27H,4,14,17-18H2,1-3H3,(H,34,38)/t19-,27-/m0/s1. The Morgan fingerprint density at radius 1 is 0.927 bits per heavy atom. The number of carbonyl (C=O) groups excluding carboxylic acids is 2. The Bertz CT molecular complexity index is 1490. The van der Waals surface area contributed by atoms with Crippen molar-refractivity contribution in [1.82, 2.24) is 10.2 Å². The van der Waals surface area contributed by atoms with Crippen molar-refractivity contribution in [3.05, 3.63) is 97.4 Å². The van der Waals surface area contributed by atoms with E-state index < -0.39 is 28.5 Å². The Morgan fingerprint density at radius 2 is 1.56 bits per heavy atom. The molecule has 3 aromatic carbocycles. The van der Waals surface area contributed by atoms with Crippen LogP contribution >= 0.6 is 50.7 Å². The fourth-order valence-electron chi connectivity index (χ4n) is 4.13. The van der Waals surface area contributed by atoms with Crippen LogP contribution in [0.2, 0.25) is 15.1 Å². The smallest absolute Gasteiger partial charge is 0.244 e. The summed E-state index contributed by atoms with van der Waals surface area (Å²) in [7, 11) is -4.01. The molecule has 0 fully saturated rings. The van der Waals surface area contributed by atoms with E-state index in [0.717, 1.165) is 26.2 Å². The Hall–Kier alpha value is -2.30. The van der Waals surface area contributed by atoms with Crippen LogP contribution in [0.3, 0.4) is 0 Å². The van der Waals surface area contributed by atoms with E-state index in [-0.39, 0.29) is 45.7 Å². The molecule has 220 valence electrons. The number of sulfonamides is 1. The van der Waals surface area contributed by atoms with E-state index in [1.165, 1.54) is 17.0 Å². The van der Waals surface area contributed by atoms with Crippen LogP contribution in [0.5, 0.6) is 0 Å². The van der Waals surface area contributed by atoms with Gasteiger partial charge >= 0.3 is 0 Å². The molecule has 12 heteroatoms. The molecule has 0 aliphatic rings. The highest BCUT2D eigenvalue weighted by Gasteiger charge is 2.34. The number of hydrogen-bond donors (Lipinski definition) is 1. The first kappa shape index (κ1) is 33.2. The minimum atomic E-state index is -4.01. The maximum atomic E-state index is 14.1. The van der Waals surface area contributed by atoms with E-state index in [4.69, 9.17) is 34.8 Å². The molecule has 1 N–H and O–H groups in total. The summed E-state index contributed by atoms with van der Waals surface area (Å²) in [5.74, 6) is -0.942. The number of halogens is 4. The number of nitrogens with zero attached hydrogens (tertiary/aromatic N) is 2. The van der Waals surface area contributed by atoms with Crippen molar-refractivity contribution < 1.29 is 18.0 Å². The van der Waals surface area contributed by atoms with Gasteiger partial charge in [-0.2, -0.15) is 0 Å². The van der Waals surface area contributed by atoms with Crippen LogP contribution in [0.4, 0.5) is 5.69 Å². The number of nitrogens with one attached hydrogen (secondary N) is 1. The predicted octanol–water partition coefficient (Wildman–Crippen LogP) is 6.73. The van der Waals surface area contributed by atoms with Gasteiger partial charge in [-0.05, 0) is 48.7 Å². The summed E-state index contributed by atoms with van der Waals surface area (Å²) in [6.45, 7) is 3.27. The van der Waals surface area contributed by atoms with Gasteiger partial charge in [-0.25, -0.2) is 8.42 Å². The molecule has 0 aromatic heterocycles. The van der Waals surface area contributed by atoms with Crippen molar-refractivity contribution in [2.75, 3.05) is 17.1 Å². The van der Waals surface area contributed by atoms with Gasteiger partial charge < -0.3 is 10.2 Å². The van der Waals surface area contributed by atoms with E-state index in [9.17, 15) is 18.0 Å². The summed E-state index contributed by atoms with van der Waals surface area (Å²) in [6, 6.07) is 18.2. The van der Waals surface area contributed by atoms with Gasteiger partial charge in [0.15, 0.2) is 0 Å². The van der Waals surface area contributed by atoms with Crippen molar-refractivity contribution in [2.24, 2.45) is 0 Å². The van der Waals surface area contributed by atoms with Crippen molar-refractivity contribution >= 4 is 78.3 Å². The predicted molar refractivity (Wildman–Crippen MR) is 170 cm³/mol. The maximum Gasteiger partial charge on any atom is 0.244 e. The molecule has 41 heavy (non-hydrogen) atoms. The fraction of sp³-hybridized carbons (Fsp3) is 0.310. The Kier molecular flexibility index (Phi) is 11.9. The second kappa shape index (κ2) is 14.7. The number of hydrogen-bond acceptors (Lipinski definition) is 4. The first-order chi connectivity index (χ1) is 19.3. The van der Waals surface area contributed by atoms with Crippen LogP contribution < -0.4 is 9.62 Å². The van der Waals surface area contributed by atoms with Gasteiger partial charge in [0.2, 0.25) is 21.8 Å². The van der Waals surface area contributed by atoms with Crippen molar-refractivity contribution in [1.29, 1.82) is 0 Å². The molecule has 0 unspecified atom stereocenters. The highest BCUT2D eigenvalue weighted by Crippen LogP contribution is 2.35. The topological polar surface area (TPSA) is 86.8 Å². The fourth-order valence-corrected chi connectivity index (χ4v) is 6.12. The first-order valence-electron chi connectivity index (χ1n) is 12.8. The summed E-state index contributed by atoms with van der Waals surface area (Å²) in [5, 5.41) is 3.22. The zero-order valence-corrected chi connectivity index (χ0v) is 27.5. The number of amides is 2. The van der Waals surface area contributed by atoms with Crippen LogP contribution in [0, 0.1) is 0 Å². The number of rotatable bonds is 12. The number of benzene rings is 3. The zero-order chi connectivity index (χ0) is 30.3. The summed E-state index contributed by atoms with van der Waals surface area (Å²) < 4.78 is 27.6. The molecule has 0 spiro atoms. The van der Waals surface area contributed by atoms with Gasteiger partial charge in [-0.15, -0.1) is 0 Å². The molecule has 2 amide bonds. The molecular formula is C29H31BrCl3N3O4S. The minimum absolute atomic E-state index is 0.00277. The maximum absolute atomic E-state index is 14.1. The summed E-state index contributed by atoms with van der Waals surface area (Å²) >= 11 is 22.1. The highest BCUT2D eigenvalue weighted by molar-refractivity contribution is 9.10. The van der Waals surface area contributed by atoms with Gasteiger partial charge in [-0.1, -0.05) is 100 Å². The third kappa shape index (κ3) is 9.35. The molecule has 0 aliphatic carbocycles. The normalized spacial score (nSPS) is 12.9. The number of carbonyl (C=O) groups is 2. The lowest BCUT2D eigenvalue weighted by Gasteiger charge is -2.34. The molecular weight excluding hydrogens is 673 g/mol. The lowest BCUT2D eigenvalue weighted by molar-refractivity contribution is -0.140. The SMILES string of the molecule is CC[C@H](C)NC(=O)[C@H](Cc1ccccc1)N(Cc1cccc(Br)c1)C(=O)CN(c1cc(Cl)c(Cl)cc1Cl)S(C)(=O)=O. The number of anilines is 1. The van der Waals surface area contributed by atoms with Gasteiger partial charge in [0.1, 0.15) is 12.6 Å². The second-order valence-electron chi connectivity index (χ2n) is 9.66. The quantitative estimate of drug-likeness (QED) is 0.212. The first-order valence-corrected chi connectivity index (χ1v) is 16.6. The van der Waals surface area contributed by atoms with Crippen molar-refractivity contribution in [3.8, 4) is 0 Å². The Labute approximate surface area is 264 Å². The highest BCUT2D eigenvalue weighted by atomic mass is 79.9. The molecule has 0 saturated heterocycles. The molecule has 0 aliphatic heterocycles. The Morgan fingerprint density at radius 3 is 2.17 bits per heavy atom. The third-order valence-electron chi connectivity index (χ3n) is 6.45. The molecule has 0 saturated carbocycles. The summed E-state index contributed by atoms with van der Waals surface area (Å²) in [5.41, 5.74) is 1.60.